The maximum Gasteiger partial charge on any atom is 0.250 e. The Hall–Kier alpha value is -1.46. The molecule has 3 N–H and O–H groups in total. The number of nitrogens with one attached hydrogen (secondary N) is 1. The van der Waals surface area contributed by atoms with Gasteiger partial charge in [-0.1, -0.05) is 6.92 Å². The van der Waals surface area contributed by atoms with E-state index in [1.54, 1.807) is 0 Å². The van der Waals surface area contributed by atoms with Gasteiger partial charge >= 0.3 is 0 Å². The monoisotopic (exact) mass is 294 g/mol. The van der Waals surface area contributed by atoms with E-state index in [4.69, 9.17) is 10.5 Å². The van der Waals surface area contributed by atoms with Crippen molar-refractivity contribution in [2.75, 3.05) is 18.5 Å². The Bertz CT molecular complexity index is 468. The summed E-state index contributed by atoms with van der Waals surface area (Å²) < 4.78 is 18.6. The summed E-state index contributed by atoms with van der Waals surface area (Å²) in [5, 5.41) is 2.69. The quantitative estimate of drug-likeness (QED) is 0.877. The highest BCUT2D eigenvalue weighted by Crippen LogP contribution is 2.33. The SMILES string of the molecule is CC1CCC(CN)(OCC(=O)Nc2ccc(F)cc2)CC1. The van der Waals surface area contributed by atoms with Crippen LogP contribution < -0.4 is 11.1 Å². The molecule has 5 heteroatoms. The third-order valence-corrected chi connectivity index (χ3v) is 4.19. The van der Waals surface area contributed by atoms with Gasteiger partial charge in [-0.25, -0.2) is 4.39 Å². The maximum absolute atomic E-state index is 12.8. The summed E-state index contributed by atoms with van der Waals surface area (Å²) in [5.41, 5.74) is 6.03. The summed E-state index contributed by atoms with van der Waals surface area (Å²) in [5.74, 6) is 0.122. The minimum absolute atomic E-state index is 0.0248. The predicted molar refractivity (Wildman–Crippen MR) is 80.4 cm³/mol. The molecule has 0 radical (unpaired) electrons. The number of benzene rings is 1. The van der Waals surface area contributed by atoms with Gasteiger partial charge in [0, 0.05) is 12.2 Å². The highest BCUT2D eigenvalue weighted by Gasteiger charge is 2.34. The molecule has 1 fully saturated rings. The average molecular weight is 294 g/mol. The van der Waals surface area contributed by atoms with Gasteiger partial charge in [-0.15, -0.1) is 0 Å². The van der Waals surface area contributed by atoms with E-state index < -0.39 is 0 Å². The average Bonchev–Trinajstić information content (AvgIpc) is 2.50. The van der Waals surface area contributed by atoms with Gasteiger partial charge < -0.3 is 15.8 Å². The molecule has 1 aliphatic carbocycles. The first kappa shape index (κ1) is 15.9. The molecular formula is C16H23FN2O2. The first-order chi connectivity index (χ1) is 10.0. The number of hydrogen-bond acceptors (Lipinski definition) is 3. The summed E-state index contributed by atoms with van der Waals surface area (Å²) in [7, 11) is 0. The first-order valence-corrected chi connectivity index (χ1v) is 7.42. The van der Waals surface area contributed by atoms with Crippen LogP contribution in [0.1, 0.15) is 32.6 Å². The molecule has 1 aliphatic rings. The standard InChI is InChI=1S/C16H23FN2O2/c1-12-6-8-16(11-18,9-7-12)21-10-15(20)19-14-4-2-13(17)3-5-14/h2-5,12H,6-11,18H2,1H3,(H,19,20). The summed E-state index contributed by atoms with van der Waals surface area (Å²) in [6.45, 7) is 2.63. The van der Waals surface area contributed by atoms with Crippen LogP contribution in [0.25, 0.3) is 0 Å². The van der Waals surface area contributed by atoms with Crippen LogP contribution in [0.3, 0.4) is 0 Å². The van der Waals surface area contributed by atoms with E-state index in [9.17, 15) is 9.18 Å². The van der Waals surface area contributed by atoms with E-state index in [-0.39, 0.29) is 23.9 Å². The number of nitrogens with two attached hydrogens (primary N) is 1. The van der Waals surface area contributed by atoms with Gasteiger partial charge in [-0.2, -0.15) is 0 Å². The van der Waals surface area contributed by atoms with Gasteiger partial charge in [0.05, 0.1) is 5.60 Å². The Balaban J connectivity index is 1.83. The highest BCUT2D eigenvalue weighted by molar-refractivity contribution is 5.91. The lowest BCUT2D eigenvalue weighted by molar-refractivity contribution is -0.131. The number of hydrogen-bond donors (Lipinski definition) is 2. The minimum atomic E-state index is -0.368. The Morgan fingerprint density at radius 3 is 2.57 bits per heavy atom. The molecule has 1 aromatic rings. The fourth-order valence-electron chi connectivity index (χ4n) is 2.64. The molecule has 1 amide bonds. The molecule has 0 atom stereocenters. The molecule has 21 heavy (non-hydrogen) atoms. The van der Waals surface area contributed by atoms with Crippen LogP contribution in [0.4, 0.5) is 10.1 Å². The zero-order valence-electron chi connectivity index (χ0n) is 12.4. The zero-order chi connectivity index (χ0) is 15.3. The molecule has 4 nitrogen and oxygen atoms in total. The number of anilines is 1. The molecule has 1 aromatic carbocycles. The van der Waals surface area contributed by atoms with Gasteiger partial charge in [-0.3, -0.25) is 4.79 Å². The van der Waals surface area contributed by atoms with Gasteiger partial charge in [0.25, 0.3) is 0 Å². The molecular weight excluding hydrogens is 271 g/mol. The van der Waals surface area contributed by atoms with Crippen LogP contribution in [0.5, 0.6) is 0 Å². The third kappa shape index (κ3) is 4.51. The molecule has 0 saturated heterocycles. The van der Waals surface area contributed by atoms with E-state index in [1.165, 1.54) is 24.3 Å². The predicted octanol–water partition coefficient (Wildman–Crippen LogP) is 2.69. The van der Waals surface area contributed by atoms with Crippen molar-refractivity contribution in [3.8, 4) is 0 Å². The van der Waals surface area contributed by atoms with E-state index in [2.05, 4.69) is 12.2 Å². The van der Waals surface area contributed by atoms with Crippen LogP contribution in [0.2, 0.25) is 0 Å². The normalized spacial score (nSPS) is 25.6. The van der Waals surface area contributed by atoms with Crippen molar-refractivity contribution in [2.45, 2.75) is 38.2 Å². The van der Waals surface area contributed by atoms with Gasteiger partial charge in [-0.05, 0) is 55.9 Å². The largest absolute Gasteiger partial charge is 0.364 e. The Morgan fingerprint density at radius 2 is 2.00 bits per heavy atom. The van der Waals surface area contributed by atoms with Crippen molar-refractivity contribution < 1.29 is 13.9 Å². The second-order valence-electron chi connectivity index (χ2n) is 5.91. The second-order valence-corrected chi connectivity index (χ2v) is 5.91. The van der Waals surface area contributed by atoms with Gasteiger partial charge in [0.15, 0.2) is 0 Å². The molecule has 0 heterocycles. The lowest BCUT2D eigenvalue weighted by Crippen LogP contribution is -2.45. The number of carbonyl (C=O) groups excluding carboxylic acids is 1. The number of halogens is 1. The maximum atomic E-state index is 12.8. The molecule has 2 rings (SSSR count). The topological polar surface area (TPSA) is 64.3 Å². The van der Waals surface area contributed by atoms with Crippen molar-refractivity contribution in [3.63, 3.8) is 0 Å². The van der Waals surface area contributed by atoms with E-state index >= 15 is 0 Å². The molecule has 0 aliphatic heterocycles. The lowest BCUT2D eigenvalue weighted by atomic mass is 9.79. The summed E-state index contributed by atoms with van der Waals surface area (Å²) in [4.78, 5) is 11.9. The van der Waals surface area contributed by atoms with Crippen LogP contribution in [0.15, 0.2) is 24.3 Å². The Morgan fingerprint density at radius 1 is 1.38 bits per heavy atom. The summed E-state index contributed by atoms with van der Waals surface area (Å²) in [6.07, 6.45) is 3.95. The van der Waals surface area contributed by atoms with Crippen molar-refractivity contribution in [1.29, 1.82) is 0 Å². The first-order valence-electron chi connectivity index (χ1n) is 7.42. The summed E-state index contributed by atoms with van der Waals surface area (Å²) >= 11 is 0. The molecule has 0 unspecified atom stereocenters. The second kappa shape index (κ2) is 7.00. The van der Waals surface area contributed by atoms with Crippen LogP contribution >= 0.6 is 0 Å². The van der Waals surface area contributed by atoms with Crippen LogP contribution in [-0.4, -0.2) is 24.7 Å². The third-order valence-electron chi connectivity index (χ3n) is 4.19. The molecule has 0 spiro atoms. The zero-order valence-corrected chi connectivity index (χ0v) is 12.4. The van der Waals surface area contributed by atoms with Gasteiger partial charge in [0.2, 0.25) is 5.91 Å². The van der Waals surface area contributed by atoms with Crippen molar-refractivity contribution >= 4 is 11.6 Å². The fraction of sp³-hybridized carbons (Fsp3) is 0.562. The van der Waals surface area contributed by atoms with Crippen LogP contribution in [0, 0.1) is 11.7 Å². The smallest absolute Gasteiger partial charge is 0.250 e. The fourth-order valence-corrected chi connectivity index (χ4v) is 2.64. The van der Waals surface area contributed by atoms with Crippen molar-refractivity contribution in [2.24, 2.45) is 11.7 Å². The minimum Gasteiger partial charge on any atom is -0.364 e. The number of ether oxygens (including phenoxy) is 1. The molecule has 0 aromatic heterocycles. The summed E-state index contributed by atoms with van der Waals surface area (Å²) in [6, 6.07) is 5.66. The van der Waals surface area contributed by atoms with Gasteiger partial charge in [0.1, 0.15) is 12.4 Å². The van der Waals surface area contributed by atoms with Crippen molar-refractivity contribution in [1.82, 2.24) is 0 Å². The molecule has 0 bridgehead atoms. The Labute approximate surface area is 124 Å². The molecule has 116 valence electrons. The number of amides is 1. The van der Waals surface area contributed by atoms with E-state index in [0.29, 0.717) is 18.2 Å². The lowest BCUT2D eigenvalue weighted by Gasteiger charge is -2.38. The number of carbonyl (C=O) groups is 1. The van der Waals surface area contributed by atoms with E-state index in [1.807, 2.05) is 0 Å². The Kier molecular flexibility index (Phi) is 5.31. The van der Waals surface area contributed by atoms with E-state index in [0.717, 1.165) is 25.7 Å². The van der Waals surface area contributed by atoms with Crippen molar-refractivity contribution in [3.05, 3.63) is 30.1 Å². The molecule has 1 saturated carbocycles. The highest BCUT2D eigenvalue weighted by atomic mass is 19.1. The number of rotatable bonds is 5. The van der Waals surface area contributed by atoms with Crippen LogP contribution in [-0.2, 0) is 9.53 Å².